The molecule has 1 unspecified atom stereocenters. The number of carbonyl (C=O) groups excluding carboxylic acids is 2. The van der Waals surface area contributed by atoms with E-state index in [1.807, 2.05) is 19.9 Å². The third-order valence-corrected chi connectivity index (χ3v) is 5.00. The number of Topliss-reactive ketones (excluding diaryl/α,β-unsaturated/α-hetero) is 1. The predicted octanol–water partition coefficient (Wildman–Crippen LogP) is 3.51. The number of rotatable bonds is 13. The van der Waals surface area contributed by atoms with Crippen LogP contribution in [0.4, 0.5) is 0 Å². The highest BCUT2D eigenvalue weighted by molar-refractivity contribution is 7.99. The molecule has 0 fully saturated rings. The Labute approximate surface area is 151 Å². The second-order valence-electron chi connectivity index (χ2n) is 6.25. The number of aliphatic hydroxyl groups is 1. The third kappa shape index (κ3) is 13.4. The van der Waals surface area contributed by atoms with Gasteiger partial charge in [0.1, 0.15) is 5.78 Å². The standard InChI is InChI=1S/C19H33NO3S/c1-15(6-5-7-16(2)10-12-21)8-9-19(23)17(3)14-24-13-11-20-18(4)22/h6,10,17,21H,5,7-9,11-14H2,1-4H3,(H,20,22)/b15-6+,16-10-. The molecular formula is C19H33NO3S. The van der Waals surface area contributed by atoms with Crippen molar-refractivity contribution in [3.63, 3.8) is 0 Å². The van der Waals surface area contributed by atoms with Gasteiger partial charge in [0, 0.05) is 37.3 Å². The lowest BCUT2D eigenvalue weighted by atomic mass is 10.0. The molecule has 0 saturated heterocycles. The number of ketones is 1. The number of nitrogens with one attached hydrogen (secondary N) is 1. The van der Waals surface area contributed by atoms with E-state index in [1.54, 1.807) is 11.8 Å². The van der Waals surface area contributed by atoms with Crippen molar-refractivity contribution in [2.24, 2.45) is 5.92 Å². The summed E-state index contributed by atoms with van der Waals surface area (Å²) in [4.78, 5) is 22.9. The van der Waals surface area contributed by atoms with Crippen LogP contribution in [0.25, 0.3) is 0 Å². The van der Waals surface area contributed by atoms with Crippen LogP contribution in [0.15, 0.2) is 23.3 Å². The van der Waals surface area contributed by atoms with E-state index in [9.17, 15) is 9.59 Å². The third-order valence-electron chi connectivity index (χ3n) is 3.77. The van der Waals surface area contributed by atoms with Gasteiger partial charge in [0.15, 0.2) is 0 Å². The minimum atomic E-state index is -0.0102. The largest absolute Gasteiger partial charge is 0.392 e. The quantitative estimate of drug-likeness (QED) is 0.392. The number of allylic oxidation sites excluding steroid dienone is 3. The van der Waals surface area contributed by atoms with Crippen LogP contribution in [0.3, 0.4) is 0 Å². The number of amides is 1. The summed E-state index contributed by atoms with van der Waals surface area (Å²) in [6.45, 7) is 8.35. The lowest BCUT2D eigenvalue weighted by Gasteiger charge is -2.10. The molecule has 0 aliphatic heterocycles. The monoisotopic (exact) mass is 355 g/mol. The van der Waals surface area contributed by atoms with Gasteiger partial charge in [-0.25, -0.2) is 0 Å². The molecule has 0 heterocycles. The average Bonchev–Trinajstić information content (AvgIpc) is 2.52. The number of aliphatic hydroxyl groups excluding tert-OH is 1. The molecule has 0 radical (unpaired) electrons. The molecule has 0 aliphatic carbocycles. The zero-order valence-corrected chi connectivity index (χ0v) is 16.4. The van der Waals surface area contributed by atoms with Crippen LogP contribution in [0.1, 0.15) is 53.4 Å². The Balaban J connectivity index is 3.89. The van der Waals surface area contributed by atoms with Crippen molar-refractivity contribution in [3.05, 3.63) is 23.3 Å². The SMILES string of the molecule is CC(=O)NCCSCC(C)C(=O)CC/C(C)=C/CC/C(C)=C\CO. The zero-order valence-electron chi connectivity index (χ0n) is 15.6. The molecule has 4 nitrogen and oxygen atoms in total. The summed E-state index contributed by atoms with van der Waals surface area (Å²) in [5.74, 6) is 2.02. The fourth-order valence-corrected chi connectivity index (χ4v) is 3.08. The molecule has 24 heavy (non-hydrogen) atoms. The Morgan fingerprint density at radius 1 is 1.08 bits per heavy atom. The van der Waals surface area contributed by atoms with Crippen molar-refractivity contribution in [1.29, 1.82) is 0 Å². The van der Waals surface area contributed by atoms with Crippen LogP contribution >= 0.6 is 11.8 Å². The highest BCUT2D eigenvalue weighted by Crippen LogP contribution is 2.15. The molecule has 2 N–H and O–H groups in total. The van der Waals surface area contributed by atoms with Gasteiger partial charge in [-0.3, -0.25) is 9.59 Å². The van der Waals surface area contributed by atoms with Gasteiger partial charge >= 0.3 is 0 Å². The van der Waals surface area contributed by atoms with E-state index < -0.39 is 0 Å². The van der Waals surface area contributed by atoms with Gasteiger partial charge in [0.2, 0.25) is 5.91 Å². The van der Waals surface area contributed by atoms with Crippen LogP contribution in [-0.4, -0.2) is 41.5 Å². The van der Waals surface area contributed by atoms with Gasteiger partial charge in [-0.2, -0.15) is 11.8 Å². The molecule has 0 spiro atoms. The summed E-state index contributed by atoms with van der Waals surface area (Å²) in [5, 5.41) is 11.6. The first kappa shape index (κ1) is 22.9. The Morgan fingerprint density at radius 3 is 2.38 bits per heavy atom. The molecule has 0 aliphatic rings. The maximum Gasteiger partial charge on any atom is 0.216 e. The van der Waals surface area contributed by atoms with E-state index in [0.717, 1.165) is 30.8 Å². The number of hydrogen-bond donors (Lipinski definition) is 2. The topological polar surface area (TPSA) is 66.4 Å². The van der Waals surface area contributed by atoms with Crippen molar-refractivity contribution in [2.75, 3.05) is 24.7 Å². The molecule has 0 bridgehead atoms. The Bertz CT molecular complexity index is 444. The summed E-state index contributed by atoms with van der Waals surface area (Å²) in [5.41, 5.74) is 2.45. The maximum absolute atomic E-state index is 12.1. The van der Waals surface area contributed by atoms with Crippen molar-refractivity contribution >= 4 is 23.5 Å². The second kappa shape index (κ2) is 14.3. The maximum atomic E-state index is 12.1. The molecule has 1 amide bonds. The minimum Gasteiger partial charge on any atom is -0.392 e. The molecule has 0 aromatic heterocycles. The second-order valence-corrected chi connectivity index (χ2v) is 7.40. The predicted molar refractivity (Wildman–Crippen MR) is 103 cm³/mol. The fraction of sp³-hybridized carbons (Fsp3) is 0.684. The van der Waals surface area contributed by atoms with Gasteiger partial charge in [0.05, 0.1) is 6.61 Å². The van der Waals surface area contributed by atoms with E-state index >= 15 is 0 Å². The van der Waals surface area contributed by atoms with Crippen molar-refractivity contribution < 1.29 is 14.7 Å². The highest BCUT2D eigenvalue weighted by Gasteiger charge is 2.12. The number of thioether (sulfide) groups is 1. The Hall–Kier alpha value is -1.07. The van der Waals surface area contributed by atoms with E-state index in [4.69, 9.17) is 5.11 Å². The smallest absolute Gasteiger partial charge is 0.216 e. The summed E-state index contributed by atoms with van der Waals surface area (Å²) in [6.07, 6.45) is 7.35. The lowest BCUT2D eigenvalue weighted by molar-refractivity contribution is -0.121. The number of hydrogen-bond acceptors (Lipinski definition) is 4. The summed E-state index contributed by atoms with van der Waals surface area (Å²) >= 11 is 1.71. The van der Waals surface area contributed by atoms with Crippen LogP contribution in [0, 0.1) is 5.92 Å². The molecular weight excluding hydrogens is 322 g/mol. The summed E-state index contributed by atoms with van der Waals surface area (Å²) in [7, 11) is 0. The van der Waals surface area contributed by atoms with E-state index in [2.05, 4.69) is 18.3 Å². The normalized spacial score (nSPS) is 13.7. The van der Waals surface area contributed by atoms with Crippen LogP contribution in [-0.2, 0) is 9.59 Å². The van der Waals surface area contributed by atoms with E-state index in [-0.39, 0.29) is 18.4 Å². The molecule has 1 atom stereocenters. The molecule has 0 saturated carbocycles. The molecule has 5 heteroatoms. The molecule has 0 aromatic carbocycles. The first-order chi connectivity index (χ1) is 11.4. The van der Waals surface area contributed by atoms with Crippen molar-refractivity contribution in [2.45, 2.75) is 53.4 Å². The molecule has 0 rings (SSSR count). The average molecular weight is 356 g/mol. The molecule has 138 valence electrons. The zero-order chi connectivity index (χ0) is 18.4. The first-order valence-electron chi connectivity index (χ1n) is 8.63. The van der Waals surface area contributed by atoms with E-state index in [1.165, 1.54) is 18.1 Å². The van der Waals surface area contributed by atoms with Crippen molar-refractivity contribution in [1.82, 2.24) is 5.32 Å². The van der Waals surface area contributed by atoms with Gasteiger partial charge in [-0.1, -0.05) is 30.2 Å². The first-order valence-corrected chi connectivity index (χ1v) is 9.79. The van der Waals surface area contributed by atoms with Crippen LogP contribution in [0.5, 0.6) is 0 Å². The van der Waals surface area contributed by atoms with Gasteiger partial charge in [-0.05, 0) is 33.1 Å². The van der Waals surface area contributed by atoms with Gasteiger partial charge < -0.3 is 10.4 Å². The molecule has 0 aromatic rings. The van der Waals surface area contributed by atoms with Crippen molar-refractivity contribution in [3.8, 4) is 0 Å². The summed E-state index contributed by atoms with van der Waals surface area (Å²) in [6, 6.07) is 0. The van der Waals surface area contributed by atoms with E-state index in [0.29, 0.717) is 18.7 Å². The fourth-order valence-electron chi connectivity index (χ4n) is 2.13. The Kier molecular flexibility index (Phi) is 13.7. The van der Waals surface area contributed by atoms with Gasteiger partial charge in [-0.15, -0.1) is 0 Å². The Morgan fingerprint density at radius 2 is 1.75 bits per heavy atom. The minimum absolute atomic E-state index is 0.0102. The summed E-state index contributed by atoms with van der Waals surface area (Å²) < 4.78 is 0. The van der Waals surface area contributed by atoms with Crippen LogP contribution < -0.4 is 5.32 Å². The number of carbonyl (C=O) groups is 2. The van der Waals surface area contributed by atoms with Crippen LogP contribution in [0.2, 0.25) is 0 Å². The highest BCUT2D eigenvalue weighted by atomic mass is 32.2. The van der Waals surface area contributed by atoms with Gasteiger partial charge in [0.25, 0.3) is 0 Å². The lowest BCUT2D eigenvalue weighted by Crippen LogP contribution is -2.23.